The third kappa shape index (κ3) is 4.64. The number of nitrogens with zero attached hydrogens (tertiary/aromatic N) is 5. The fourth-order valence-electron chi connectivity index (χ4n) is 4.59. The van der Waals surface area contributed by atoms with Crippen LogP contribution < -0.4 is 19.1 Å². The van der Waals surface area contributed by atoms with Crippen molar-refractivity contribution < 1.29 is 18.9 Å². The Morgan fingerprint density at radius 2 is 1.86 bits per heavy atom. The summed E-state index contributed by atoms with van der Waals surface area (Å²) in [5, 5.41) is 6.02. The number of hydrogen-bond acceptors (Lipinski definition) is 8. The van der Waals surface area contributed by atoms with Gasteiger partial charge in [0.1, 0.15) is 12.1 Å². The number of ether oxygens (including phenoxy) is 4. The average Bonchev–Trinajstić information content (AvgIpc) is 3.58. The molecule has 0 radical (unpaired) electrons. The van der Waals surface area contributed by atoms with Crippen LogP contribution in [0.25, 0.3) is 16.7 Å². The van der Waals surface area contributed by atoms with Gasteiger partial charge in [-0.1, -0.05) is 23.7 Å². The second-order valence-corrected chi connectivity index (χ2v) is 8.90. The highest BCUT2D eigenvalue weighted by Gasteiger charge is 2.24. The Labute approximate surface area is 214 Å². The van der Waals surface area contributed by atoms with Crippen LogP contribution in [-0.4, -0.2) is 60.3 Å². The largest absolute Gasteiger partial charge is 0.493 e. The van der Waals surface area contributed by atoms with Gasteiger partial charge in [-0.15, -0.1) is 0 Å². The van der Waals surface area contributed by atoms with Crippen LogP contribution in [0.5, 0.6) is 17.2 Å². The molecule has 0 spiro atoms. The molecule has 5 rings (SSSR count). The maximum absolute atomic E-state index is 6.46. The van der Waals surface area contributed by atoms with Crippen LogP contribution in [0.1, 0.15) is 18.4 Å². The topological polar surface area (TPSA) is 83.8 Å². The standard InChI is InChI=1S/C26H28ClN5O4/c1-33-22-11-17(12-23(34-2)24(22)35-3)14-31(15-18-7-6-10-36-18)25-19-13-30-32(26(19)29-16-28-25)21-9-5-4-8-20(21)27/h4-5,8-9,11-13,16,18H,6-7,10,14-15H2,1-3H3/t18-/m0/s1. The van der Waals surface area contributed by atoms with Gasteiger partial charge in [-0.2, -0.15) is 5.10 Å². The number of fused-ring (bicyclic) bond motifs is 1. The summed E-state index contributed by atoms with van der Waals surface area (Å²) in [6, 6.07) is 11.5. The first-order valence-electron chi connectivity index (χ1n) is 11.7. The molecule has 1 aliphatic heterocycles. The predicted molar refractivity (Wildman–Crippen MR) is 138 cm³/mol. The number of aromatic nitrogens is 4. The zero-order chi connectivity index (χ0) is 25.1. The molecule has 0 aliphatic carbocycles. The van der Waals surface area contributed by atoms with Crippen molar-refractivity contribution in [1.82, 2.24) is 19.7 Å². The molecule has 1 aliphatic rings. The summed E-state index contributed by atoms with van der Waals surface area (Å²) in [5.41, 5.74) is 2.41. The minimum absolute atomic E-state index is 0.107. The first-order chi connectivity index (χ1) is 17.6. The normalized spacial score (nSPS) is 15.3. The van der Waals surface area contributed by atoms with E-state index in [2.05, 4.69) is 20.0 Å². The van der Waals surface area contributed by atoms with Crippen molar-refractivity contribution in [2.24, 2.45) is 0 Å². The molecule has 1 atom stereocenters. The van der Waals surface area contributed by atoms with Gasteiger partial charge in [0.2, 0.25) is 5.75 Å². The van der Waals surface area contributed by atoms with Crippen molar-refractivity contribution in [2.75, 3.05) is 39.4 Å². The van der Waals surface area contributed by atoms with Crippen LogP contribution in [0, 0.1) is 0 Å². The molecule has 1 saturated heterocycles. The van der Waals surface area contributed by atoms with Gasteiger partial charge in [0, 0.05) is 19.7 Å². The fraction of sp³-hybridized carbons (Fsp3) is 0.346. The highest BCUT2D eigenvalue weighted by molar-refractivity contribution is 6.32. The lowest BCUT2D eigenvalue weighted by Crippen LogP contribution is -2.32. The summed E-state index contributed by atoms with van der Waals surface area (Å²) in [6.45, 7) is 1.98. The van der Waals surface area contributed by atoms with Crippen molar-refractivity contribution in [3.63, 3.8) is 0 Å². The van der Waals surface area contributed by atoms with Crippen LogP contribution in [0.2, 0.25) is 5.02 Å². The predicted octanol–water partition coefficient (Wildman–Crippen LogP) is 4.68. The fourth-order valence-corrected chi connectivity index (χ4v) is 4.81. The number of hydrogen-bond donors (Lipinski definition) is 0. The molecule has 0 N–H and O–H groups in total. The number of halogens is 1. The molecule has 0 amide bonds. The van der Waals surface area contributed by atoms with E-state index in [1.54, 1.807) is 38.5 Å². The Hall–Kier alpha value is -3.56. The molecule has 36 heavy (non-hydrogen) atoms. The van der Waals surface area contributed by atoms with Crippen molar-refractivity contribution in [3.05, 3.63) is 59.5 Å². The Bertz CT molecular complexity index is 1330. The lowest BCUT2D eigenvalue weighted by Gasteiger charge is -2.27. The number of methoxy groups -OCH3 is 3. The Morgan fingerprint density at radius 3 is 2.53 bits per heavy atom. The second-order valence-electron chi connectivity index (χ2n) is 8.49. The highest BCUT2D eigenvalue weighted by Crippen LogP contribution is 2.39. The van der Waals surface area contributed by atoms with Crippen LogP contribution in [0.3, 0.4) is 0 Å². The van der Waals surface area contributed by atoms with E-state index in [1.165, 1.54) is 0 Å². The molecule has 4 aromatic rings. The number of rotatable bonds is 9. The number of para-hydroxylation sites is 1. The minimum atomic E-state index is 0.107. The Morgan fingerprint density at radius 1 is 1.08 bits per heavy atom. The van der Waals surface area contributed by atoms with Crippen molar-refractivity contribution >= 4 is 28.5 Å². The summed E-state index contributed by atoms with van der Waals surface area (Å²) in [4.78, 5) is 11.4. The molecule has 188 valence electrons. The van der Waals surface area contributed by atoms with Gasteiger partial charge in [-0.25, -0.2) is 14.6 Å². The van der Waals surface area contributed by atoms with Crippen molar-refractivity contribution in [3.8, 4) is 22.9 Å². The number of anilines is 1. The molecule has 3 heterocycles. The van der Waals surface area contributed by atoms with Gasteiger partial charge in [0.15, 0.2) is 17.1 Å². The summed E-state index contributed by atoms with van der Waals surface area (Å²) in [5.74, 6) is 2.52. The quantitative estimate of drug-likeness (QED) is 0.321. The summed E-state index contributed by atoms with van der Waals surface area (Å²) in [6.07, 6.45) is 5.50. The molecular weight excluding hydrogens is 482 g/mol. The smallest absolute Gasteiger partial charge is 0.203 e. The highest BCUT2D eigenvalue weighted by atomic mass is 35.5. The Balaban J connectivity index is 1.57. The monoisotopic (exact) mass is 509 g/mol. The SMILES string of the molecule is COc1cc(CN(C[C@@H]2CCCO2)c2ncnc3c2cnn3-c2ccccc2Cl)cc(OC)c1OC. The van der Waals surface area contributed by atoms with Crippen LogP contribution >= 0.6 is 11.6 Å². The third-order valence-electron chi connectivity index (χ3n) is 6.27. The first kappa shape index (κ1) is 24.1. The van der Waals surface area contributed by atoms with E-state index in [0.29, 0.717) is 41.0 Å². The van der Waals surface area contributed by atoms with Gasteiger partial charge in [0.25, 0.3) is 0 Å². The lowest BCUT2D eigenvalue weighted by atomic mass is 10.1. The van der Waals surface area contributed by atoms with E-state index >= 15 is 0 Å². The zero-order valence-electron chi connectivity index (χ0n) is 20.5. The van der Waals surface area contributed by atoms with Gasteiger partial charge < -0.3 is 23.8 Å². The molecule has 2 aromatic carbocycles. The van der Waals surface area contributed by atoms with E-state index in [0.717, 1.165) is 41.9 Å². The van der Waals surface area contributed by atoms with E-state index in [9.17, 15) is 0 Å². The van der Waals surface area contributed by atoms with Crippen molar-refractivity contribution in [1.29, 1.82) is 0 Å². The zero-order valence-corrected chi connectivity index (χ0v) is 21.2. The molecule has 0 bridgehead atoms. The molecule has 9 nitrogen and oxygen atoms in total. The molecule has 0 unspecified atom stereocenters. The summed E-state index contributed by atoms with van der Waals surface area (Å²) in [7, 11) is 4.82. The van der Waals surface area contributed by atoms with Gasteiger partial charge in [-0.3, -0.25) is 0 Å². The van der Waals surface area contributed by atoms with E-state index < -0.39 is 0 Å². The molecular formula is C26H28ClN5O4. The lowest BCUT2D eigenvalue weighted by molar-refractivity contribution is 0.115. The maximum Gasteiger partial charge on any atom is 0.203 e. The van der Waals surface area contributed by atoms with Crippen LogP contribution in [0.15, 0.2) is 48.9 Å². The van der Waals surface area contributed by atoms with Gasteiger partial charge >= 0.3 is 0 Å². The first-order valence-corrected chi connectivity index (χ1v) is 12.1. The summed E-state index contributed by atoms with van der Waals surface area (Å²) >= 11 is 6.46. The third-order valence-corrected chi connectivity index (χ3v) is 6.59. The van der Waals surface area contributed by atoms with Crippen LogP contribution in [-0.2, 0) is 11.3 Å². The van der Waals surface area contributed by atoms with E-state index in [4.69, 9.17) is 30.5 Å². The maximum atomic E-state index is 6.46. The van der Waals surface area contributed by atoms with Gasteiger partial charge in [0.05, 0.1) is 49.7 Å². The van der Waals surface area contributed by atoms with Gasteiger partial charge in [-0.05, 0) is 42.7 Å². The minimum Gasteiger partial charge on any atom is -0.493 e. The van der Waals surface area contributed by atoms with E-state index in [1.807, 2.05) is 36.4 Å². The molecule has 2 aromatic heterocycles. The second kappa shape index (κ2) is 10.6. The molecule has 0 saturated carbocycles. The van der Waals surface area contributed by atoms with Crippen LogP contribution in [0.4, 0.5) is 5.82 Å². The van der Waals surface area contributed by atoms with Crippen molar-refractivity contribution in [2.45, 2.75) is 25.5 Å². The Kier molecular flexibility index (Phi) is 7.11. The average molecular weight is 510 g/mol. The number of benzene rings is 2. The molecule has 1 fully saturated rings. The molecule has 10 heteroatoms. The summed E-state index contributed by atoms with van der Waals surface area (Å²) < 4.78 is 24.4. The van der Waals surface area contributed by atoms with E-state index in [-0.39, 0.29) is 6.10 Å².